The van der Waals surface area contributed by atoms with E-state index in [1.54, 1.807) is 0 Å². The largest absolute Gasteiger partial charge is 0.586 e. The highest BCUT2D eigenvalue weighted by Crippen LogP contribution is 2.39. The van der Waals surface area contributed by atoms with Gasteiger partial charge in [0.2, 0.25) is 0 Å². The number of halogens is 2. The molecule has 0 unspecified atom stereocenters. The van der Waals surface area contributed by atoms with Gasteiger partial charge in [0.1, 0.15) is 10.7 Å². The summed E-state index contributed by atoms with van der Waals surface area (Å²) in [5, 5.41) is 4.06. The van der Waals surface area contributed by atoms with Crippen molar-refractivity contribution in [1.29, 1.82) is 0 Å². The van der Waals surface area contributed by atoms with E-state index in [0.29, 0.717) is 11.1 Å². The van der Waals surface area contributed by atoms with E-state index in [1.165, 1.54) is 23.5 Å². The van der Waals surface area contributed by atoms with Crippen molar-refractivity contribution in [3.05, 3.63) is 38.8 Å². The molecule has 4 rings (SSSR count). The lowest BCUT2D eigenvalue weighted by molar-refractivity contribution is -0.286. The second-order valence-electron chi connectivity index (χ2n) is 4.24. The van der Waals surface area contributed by atoms with Gasteiger partial charge in [0, 0.05) is 22.4 Å². The molecule has 1 aromatic heterocycles. The Morgan fingerprint density at radius 2 is 1.90 bits per heavy atom. The minimum absolute atomic E-state index is 0. The van der Waals surface area contributed by atoms with E-state index in [1.807, 2.05) is 12.3 Å². The maximum Gasteiger partial charge on any atom is 0.586 e. The van der Waals surface area contributed by atoms with Crippen molar-refractivity contribution in [2.75, 3.05) is 0 Å². The molecule has 4 nitrogen and oxygen atoms in total. The van der Waals surface area contributed by atoms with E-state index in [0.717, 1.165) is 15.9 Å². The van der Waals surface area contributed by atoms with Crippen molar-refractivity contribution in [2.24, 2.45) is 4.99 Å². The average molecular weight is 296 g/mol. The van der Waals surface area contributed by atoms with E-state index in [4.69, 9.17) is 0 Å². The SMILES string of the molecule is C.Cc1csc(C2=c3cc4c(cc3=N2)OC(F)(F)O4)n1. The molecule has 104 valence electrons. The lowest BCUT2D eigenvalue weighted by atomic mass is 10.1. The second-order valence-corrected chi connectivity index (χ2v) is 5.10. The molecule has 0 fully saturated rings. The summed E-state index contributed by atoms with van der Waals surface area (Å²) in [7, 11) is 0. The molecular formula is C13H10F2N2O2S. The smallest absolute Gasteiger partial charge is 0.395 e. The fraction of sp³-hybridized carbons (Fsp3) is 0.231. The van der Waals surface area contributed by atoms with Gasteiger partial charge in [-0.05, 0) is 13.0 Å². The maximum absolute atomic E-state index is 13.0. The van der Waals surface area contributed by atoms with Gasteiger partial charge in [-0.15, -0.1) is 20.1 Å². The molecule has 2 aliphatic rings. The Kier molecular flexibility index (Phi) is 2.59. The molecule has 0 bridgehead atoms. The quantitative estimate of drug-likeness (QED) is 0.810. The zero-order valence-corrected chi connectivity index (χ0v) is 10.4. The summed E-state index contributed by atoms with van der Waals surface area (Å²) in [6, 6.07) is 2.97. The summed E-state index contributed by atoms with van der Waals surface area (Å²) >= 11 is 1.47. The van der Waals surface area contributed by atoms with Crippen LogP contribution in [0.25, 0.3) is 5.70 Å². The van der Waals surface area contributed by atoms with Gasteiger partial charge in [0.25, 0.3) is 0 Å². The Morgan fingerprint density at radius 3 is 2.55 bits per heavy atom. The Labute approximate surface area is 117 Å². The Bertz CT molecular complexity index is 829. The third-order valence-electron chi connectivity index (χ3n) is 2.83. The van der Waals surface area contributed by atoms with Crippen LogP contribution in [0.15, 0.2) is 22.5 Å². The number of ether oxygens (including phenoxy) is 2. The number of hydrogen-bond donors (Lipinski definition) is 0. The molecule has 0 amide bonds. The van der Waals surface area contributed by atoms with Crippen LogP contribution in [0.2, 0.25) is 0 Å². The fourth-order valence-corrected chi connectivity index (χ4v) is 2.82. The number of benzene rings is 1. The molecule has 0 N–H and O–H groups in total. The lowest BCUT2D eigenvalue weighted by Crippen LogP contribution is -2.34. The summed E-state index contributed by atoms with van der Waals surface area (Å²) in [6.07, 6.45) is -3.60. The molecule has 3 heterocycles. The number of fused-ring (bicyclic) bond motifs is 2. The number of hydrogen-bond acceptors (Lipinski definition) is 5. The van der Waals surface area contributed by atoms with Crippen LogP contribution in [0.1, 0.15) is 18.1 Å². The third kappa shape index (κ3) is 1.77. The monoisotopic (exact) mass is 296 g/mol. The van der Waals surface area contributed by atoms with Crippen LogP contribution in [-0.2, 0) is 0 Å². The first-order valence-corrected chi connectivity index (χ1v) is 6.35. The van der Waals surface area contributed by atoms with Crippen molar-refractivity contribution in [2.45, 2.75) is 20.6 Å². The van der Waals surface area contributed by atoms with E-state index in [-0.39, 0.29) is 18.9 Å². The van der Waals surface area contributed by atoms with E-state index < -0.39 is 6.29 Å². The minimum atomic E-state index is -3.60. The van der Waals surface area contributed by atoms with E-state index >= 15 is 0 Å². The Morgan fingerprint density at radius 1 is 1.20 bits per heavy atom. The number of nitrogens with zero attached hydrogens (tertiary/aromatic N) is 2. The van der Waals surface area contributed by atoms with Crippen molar-refractivity contribution in [3.8, 4) is 11.5 Å². The molecule has 0 spiro atoms. The molecule has 2 aromatic rings. The van der Waals surface area contributed by atoms with Gasteiger partial charge in [0.05, 0.1) is 5.36 Å². The number of alkyl halides is 2. The second kappa shape index (κ2) is 3.99. The molecule has 0 saturated heterocycles. The van der Waals surface area contributed by atoms with Crippen LogP contribution >= 0.6 is 11.3 Å². The predicted octanol–water partition coefficient (Wildman–Crippen LogP) is 2.20. The van der Waals surface area contributed by atoms with Crippen LogP contribution in [0, 0.1) is 6.92 Å². The first-order chi connectivity index (χ1) is 9.02. The lowest BCUT2D eigenvalue weighted by Gasteiger charge is -2.07. The third-order valence-corrected chi connectivity index (χ3v) is 3.80. The number of thiazole rings is 1. The van der Waals surface area contributed by atoms with Gasteiger partial charge in [-0.2, -0.15) is 0 Å². The zero-order valence-electron chi connectivity index (χ0n) is 9.61. The van der Waals surface area contributed by atoms with Gasteiger partial charge in [-0.3, -0.25) is 0 Å². The molecule has 7 heteroatoms. The van der Waals surface area contributed by atoms with Gasteiger partial charge >= 0.3 is 6.29 Å². The van der Waals surface area contributed by atoms with Crippen LogP contribution in [-0.4, -0.2) is 11.3 Å². The van der Waals surface area contributed by atoms with Gasteiger partial charge in [0.15, 0.2) is 11.5 Å². The van der Waals surface area contributed by atoms with E-state index in [2.05, 4.69) is 19.5 Å². The van der Waals surface area contributed by atoms with E-state index in [9.17, 15) is 8.78 Å². The topological polar surface area (TPSA) is 43.7 Å². The van der Waals surface area contributed by atoms with Gasteiger partial charge in [-0.1, -0.05) is 7.43 Å². The molecule has 1 aromatic carbocycles. The fourth-order valence-electron chi connectivity index (χ4n) is 2.02. The first kappa shape index (κ1) is 13.0. The van der Waals surface area contributed by atoms with Gasteiger partial charge in [-0.25, -0.2) is 9.98 Å². The number of rotatable bonds is 1. The summed E-state index contributed by atoms with van der Waals surface area (Å²) in [4.78, 5) is 8.60. The zero-order chi connectivity index (χ0) is 13.2. The molecule has 0 radical (unpaired) electrons. The highest BCUT2D eigenvalue weighted by Gasteiger charge is 2.43. The van der Waals surface area contributed by atoms with Crippen molar-refractivity contribution >= 4 is 17.0 Å². The van der Waals surface area contributed by atoms with Crippen molar-refractivity contribution < 1.29 is 18.3 Å². The molecular weight excluding hydrogens is 286 g/mol. The van der Waals surface area contributed by atoms with Gasteiger partial charge < -0.3 is 9.47 Å². The minimum Gasteiger partial charge on any atom is -0.395 e. The summed E-state index contributed by atoms with van der Waals surface area (Å²) < 4.78 is 34.7. The normalized spacial score (nSPS) is 16.9. The average Bonchev–Trinajstić information content (AvgIpc) is 2.83. The van der Waals surface area contributed by atoms with Crippen LogP contribution in [0.4, 0.5) is 8.78 Å². The molecule has 20 heavy (non-hydrogen) atoms. The summed E-state index contributed by atoms with van der Waals surface area (Å²) in [5.41, 5.74) is 1.61. The maximum atomic E-state index is 13.0. The van der Waals surface area contributed by atoms with Crippen LogP contribution < -0.4 is 20.0 Å². The predicted molar refractivity (Wildman–Crippen MR) is 69.5 cm³/mol. The summed E-state index contributed by atoms with van der Waals surface area (Å²) in [6.45, 7) is 1.89. The molecule has 0 atom stereocenters. The van der Waals surface area contributed by atoms with Crippen LogP contribution in [0.3, 0.4) is 0 Å². The standard InChI is InChI=1S/C12H6F2N2O2S.CH4/c1-5-4-19-11(15-5)10-6-2-8-9(3-7(6)16-10)18-12(13,14)17-8;/h2-4H,1H3;1H4. The molecule has 0 aliphatic carbocycles. The highest BCUT2D eigenvalue weighted by atomic mass is 32.1. The Hall–Kier alpha value is -2.02. The first-order valence-electron chi connectivity index (χ1n) is 5.47. The molecule has 2 aliphatic heterocycles. The number of aromatic nitrogens is 1. The van der Waals surface area contributed by atoms with Crippen molar-refractivity contribution in [1.82, 2.24) is 4.98 Å². The van der Waals surface area contributed by atoms with Crippen molar-refractivity contribution in [3.63, 3.8) is 0 Å². The molecule has 0 saturated carbocycles. The Balaban J connectivity index is 0.00000121. The number of aryl methyl sites for hydroxylation is 1. The van der Waals surface area contributed by atoms with Crippen LogP contribution in [0.5, 0.6) is 11.5 Å². The summed E-state index contributed by atoms with van der Waals surface area (Å²) in [5.74, 6) is 0.0475. The highest BCUT2D eigenvalue weighted by molar-refractivity contribution is 7.10.